The molecule has 33 heavy (non-hydrogen) atoms. The average molecular weight is 453 g/mol. The molecule has 0 fully saturated rings. The predicted molar refractivity (Wildman–Crippen MR) is 124 cm³/mol. The second kappa shape index (κ2) is 13.5. The molecule has 7 nitrogen and oxygen atoms in total. The van der Waals surface area contributed by atoms with Gasteiger partial charge in [-0.1, -0.05) is 32.1 Å². The van der Waals surface area contributed by atoms with Gasteiger partial charge in [0.15, 0.2) is 0 Å². The molecule has 0 N–H and O–H groups in total. The summed E-state index contributed by atoms with van der Waals surface area (Å²) in [6.07, 6.45) is 4.85. The number of hydrogen-bond donors (Lipinski definition) is 0. The lowest BCUT2D eigenvalue weighted by Gasteiger charge is -2.07. The van der Waals surface area contributed by atoms with Crippen LogP contribution in [0, 0.1) is 0 Å². The number of ether oxygens (including phenoxy) is 4. The smallest absolute Gasteiger partial charge is 0.343 e. The quantitative estimate of drug-likeness (QED) is 0.199. The Kier molecular flexibility index (Phi) is 10.4. The lowest BCUT2D eigenvalue weighted by Crippen LogP contribution is -2.12. The van der Waals surface area contributed by atoms with Crippen LogP contribution in [-0.4, -0.2) is 37.7 Å². The van der Waals surface area contributed by atoms with Crippen molar-refractivity contribution in [3.63, 3.8) is 0 Å². The normalized spacial score (nSPS) is 10.5. The van der Waals surface area contributed by atoms with Crippen LogP contribution >= 0.6 is 0 Å². The zero-order valence-corrected chi connectivity index (χ0v) is 18.9. The minimum absolute atomic E-state index is 0.0417. The van der Waals surface area contributed by atoms with E-state index in [2.05, 4.69) is 13.5 Å². The van der Waals surface area contributed by atoms with Crippen molar-refractivity contribution in [2.75, 3.05) is 19.8 Å². The topological polar surface area (TPSA) is 88.1 Å². The van der Waals surface area contributed by atoms with E-state index < -0.39 is 17.9 Å². The third kappa shape index (κ3) is 9.43. The summed E-state index contributed by atoms with van der Waals surface area (Å²) in [5, 5.41) is 0. The maximum atomic E-state index is 12.3. The molecule has 0 heterocycles. The number of rotatable bonds is 12. The van der Waals surface area contributed by atoms with Crippen LogP contribution in [0.1, 0.15) is 42.6 Å². The second-order valence-corrected chi connectivity index (χ2v) is 7.10. The Balaban J connectivity index is 1.78. The molecule has 0 spiro atoms. The number of benzene rings is 2. The Hall–Kier alpha value is -3.87. The highest BCUT2D eigenvalue weighted by atomic mass is 16.6. The number of carbonyl (C=O) groups excluding carboxylic acids is 3. The largest absolute Gasteiger partial charge is 0.494 e. The third-order valence-electron chi connectivity index (χ3n) is 4.27. The summed E-state index contributed by atoms with van der Waals surface area (Å²) in [5.41, 5.74) is 1.41. The van der Waals surface area contributed by atoms with Gasteiger partial charge in [0.2, 0.25) is 0 Å². The first-order chi connectivity index (χ1) is 15.9. The van der Waals surface area contributed by atoms with Gasteiger partial charge in [-0.25, -0.2) is 14.4 Å². The van der Waals surface area contributed by atoms with Gasteiger partial charge >= 0.3 is 17.9 Å². The molecule has 0 bridgehead atoms. The van der Waals surface area contributed by atoms with Crippen molar-refractivity contribution >= 4 is 24.0 Å². The second-order valence-electron chi connectivity index (χ2n) is 7.10. The van der Waals surface area contributed by atoms with E-state index in [9.17, 15) is 14.4 Å². The molecule has 0 unspecified atom stereocenters. The zero-order valence-electron chi connectivity index (χ0n) is 18.9. The van der Waals surface area contributed by atoms with Gasteiger partial charge < -0.3 is 18.9 Å². The lowest BCUT2D eigenvalue weighted by atomic mass is 10.2. The number of hydrogen-bond acceptors (Lipinski definition) is 7. The molecule has 0 amide bonds. The van der Waals surface area contributed by atoms with Crippen molar-refractivity contribution in [2.24, 2.45) is 0 Å². The van der Waals surface area contributed by atoms with E-state index in [4.69, 9.17) is 18.9 Å². The van der Waals surface area contributed by atoms with Gasteiger partial charge in [-0.3, -0.25) is 0 Å². The standard InChI is InChI=1S/C26H28O7/c1-4-5-16-30-22-13-9-21(10-14-22)26(29)33-23-11-6-20(7-12-23)8-15-24(27)31-17-18-32-25(28)19(2)3/h6-15H,2,4-5,16-18H2,1,3H3/b15-8+. The van der Waals surface area contributed by atoms with Crippen molar-refractivity contribution in [2.45, 2.75) is 26.7 Å². The van der Waals surface area contributed by atoms with Crippen LogP contribution in [0.2, 0.25) is 0 Å². The van der Waals surface area contributed by atoms with E-state index in [0.29, 0.717) is 29.2 Å². The third-order valence-corrected chi connectivity index (χ3v) is 4.27. The van der Waals surface area contributed by atoms with E-state index >= 15 is 0 Å². The van der Waals surface area contributed by atoms with Crippen molar-refractivity contribution in [3.05, 3.63) is 77.9 Å². The van der Waals surface area contributed by atoms with Crippen molar-refractivity contribution < 1.29 is 33.3 Å². The molecule has 2 aromatic carbocycles. The van der Waals surface area contributed by atoms with Gasteiger partial charge in [0.05, 0.1) is 12.2 Å². The minimum Gasteiger partial charge on any atom is -0.494 e. The van der Waals surface area contributed by atoms with E-state index in [1.807, 2.05) is 0 Å². The van der Waals surface area contributed by atoms with Crippen molar-refractivity contribution in [3.8, 4) is 11.5 Å². The van der Waals surface area contributed by atoms with Gasteiger partial charge in [0, 0.05) is 11.6 Å². The molecule has 7 heteroatoms. The summed E-state index contributed by atoms with van der Waals surface area (Å²) < 4.78 is 20.7. The maximum absolute atomic E-state index is 12.3. The van der Waals surface area contributed by atoms with Crippen molar-refractivity contribution in [1.82, 2.24) is 0 Å². The summed E-state index contributed by atoms with van der Waals surface area (Å²) in [6, 6.07) is 13.5. The lowest BCUT2D eigenvalue weighted by molar-refractivity contribution is -0.146. The van der Waals surface area contributed by atoms with Crippen LogP contribution in [0.15, 0.2) is 66.8 Å². The van der Waals surface area contributed by atoms with Crippen LogP contribution in [0.5, 0.6) is 11.5 Å². The Bertz CT molecular complexity index is 973. The van der Waals surface area contributed by atoms with E-state index in [1.54, 1.807) is 54.6 Å². The average Bonchev–Trinajstić information content (AvgIpc) is 2.81. The highest BCUT2D eigenvalue weighted by Crippen LogP contribution is 2.17. The van der Waals surface area contributed by atoms with Crippen LogP contribution in [0.4, 0.5) is 0 Å². The molecular weight excluding hydrogens is 424 g/mol. The molecule has 0 aromatic heterocycles. The summed E-state index contributed by atoms with van der Waals surface area (Å²) in [6.45, 7) is 7.63. The Morgan fingerprint density at radius 2 is 1.52 bits per heavy atom. The SMILES string of the molecule is C=C(C)C(=O)OCCOC(=O)/C=C/c1ccc(OC(=O)c2ccc(OCCCC)cc2)cc1. The molecule has 0 aliphatic rings. The molecule has 0 atom stereocenters. The maximum Gasteiger partial charge on any atom is 0.343 e. The molecule has 0 radical (unpaired) electrons. The molecule has 2 aromatic rings. The number of carbonyl (C=O) groups is 3. The van der Waals surface area contributed by atoms with Gasteiger partial charge in [-0.15, -0.1) is 0 Å². The van der Waals surface area contributed by atoms with E-state index in [1.165, 1.54) is 13.0 Å². The fourth-order valence-corrected chi connectivity index (χ4v) is 2.45. The highest BCUT2D eigenvalue weighted by molar-refractivity contribution is 5.91. The molecule has 0 saturated heterocycles. The fourth-order valence-electron chi connectivity index (χ4n) is 2.45. The summed E-state index contributed by atoms with van der Waals surface area (Å²) in [4.78, 5) is 35.3. The first-order valence-corrected chi connectivity index (χ1v) is 10.6. The van der Waals surface area contributed by atoms with E-state index in [-0.39, 0.29) is 18.8 Å². The van der Waals surface area contributed by atoms with Crippen LogP contribution in [0.3, 0.4) is 0 Å². The molecule has 0 saturated carbocycles. The van der Waals surface area contributed by atoms with Gasteiger partial charge in [-0.2, -0.15) is 0 Å². The van der Waals surface area contributed by atoms with Crippen molar-refractivity contribution in [1.29, 1.82) is 0 Å². The van der Waals surface area contributed by atoms with Gasteiger partial charge in [-0.05, 0) is 61.4 Å². The molecule has 0 aliphatic carbocycles. The highest BCUT2D eigenvalue weighted by Gasteiger charge is 2.09. The molecule has 0 aliphatic heterocycles. The Morgan fingerprint density at radius 1 is 0.879 bits per heavy atom. The van der Waals surface area contributed by atoms with E-state index in [0.717, 1.165) is 12.8 Å². The molecular formula is C26H28O7. The van der Waals surface area contributed by atoms with Gasteiger partial charge in [0.1, 0.15) is 24.7 Å². The number of unbranched alkanes of at least 4 members (excludes halogenated alkanes) is 1. The zero-order chi connectivity index (χ0) is 24.1. The summed E-state index contributed by atoms with van der Waals surface area (Å²) in [7, 11) is 0. The van der Waals surface area contributed by atoms with Crippen LogP contribution in [-0.2, 0) is 19.1 Å². The Morgan fingerprint density at radius 3 is 2.15 bits per heavy atom. The fraction of sp³-hybridized carbons (Fsp3) is 0.269. The molecule has 2 rings (SSSR count). The monoisotopic (exact) mass is 452 g/mol. The summed E-state index contributed by atoms with van der Waals surface area (Å²) >= 11 is 0. The van der Waals surface area contributed by atoms with Gasteiger partial charge in [0.25, 0.3) is 0 Å². The Labute approximate surface area is 193 Å². The summed E-state index contributed by atoms with van der Waals surface area (Å²) in [5.74, 6) is -0.492. The predicted octanol–water partition coefficient (Wildman–Crippen LogP) is 4.76. The van der Waals surface area contributed by atoms with Crippen LogP contribution < -0.4 is 9.47 Å². The minimum atomic E-state index is -0.570. The first-order valence-electron chi connectivity index (χ1n) is 10.6. The van der Waals surface area contributed by atoms with Crippen LogP contribution in [0.25, 0.3) is 6.08 Å². The molecule has 174 valence electrons. The first kappa shape index (κ1) is 25.4. The number of esters is 3.